The highest BCUT2D eigenvalue weighted by molar-refractivity contribution is 8.06. The topological polar surface area (TPSA) is 41.5 Å². The van der Waals surface area contributed by atoms with Crippen LogP contribution in [-0.2, 0) is 0 Å². The summed E-state index contributed by atoms with van der Waals surface area (Å²) in [4.78, 5) is 0. The number of nitrogens with one attached hydrogen (secondary N) is 1. The van der Waals surface area contributed by atoms with Gasteiger partial charge in [-0.2, -0.15) is 23.5 Å². The van der Waals surface area contributed by atoms with E-state index >= 15 is 0 Å². The smallest absolute Gasteiger partial charge is 0.122 e. The van der Waals surface area contributed by atoms with E-state index in [9.17, 15) is 5.11 Å². The van der Waals surface area contributed by atoms with E-state index < -0.39 is 6.10 Å². The molecule has 1 aromatic carbocycles. The van der Waals surface area contributed by atoms with E-state index in [1.165, 1.54) is 17.3 Å². The van der Waals surface area contributed by atoms with Crippen LogP contribution < -0.4 is 10.1 Å². The highest BCUT2D eigenvalue weighted by Crippen LogP contribution is 2.23. The van der Waals surface area contributed by atoms with Crippen molar-refractivity contribution in [3.63, 3.8) is 0 Å². The maximum atomic E-state index is 9.93. The van der Waals surface area contributed by atoms with Gasteiger partial charge in [-0.3, -0.25) is 0 Å². The van der Waals surface area contributed by atoms with E-state index in [2.05, 4.69) is 5.32 Å². The van der Waals surface area contributed by atoms with Gasteiger partial charge >= 0.3 is 0 Å². The van der Waals surface area contributed by atoms with Crippen LogP contribution in [0.25, 0.3) is 0 Å². The molecule has 2 N–H and O–H groups in total. The third-order valence-electron chi connectivity index (χ3n) is 3.16. The SMILES string of the molecule is Cc1ccccc1OCC(O)CNCC1CSCCS1. The third-order valence-corrected chi connectivity index (χ3v) is 6.01. The molecule has 1 aromatic rings. The van der Waals surface area contributed by atoms with Crippen molar-refractivity contribution < 1.29 is 9.84 Å². The highest BCUT2D eigenvalue weighted by atomic mass is 32.2. The first-order valence-corrected chi connectivity index (χ1v) is 9.22. The first-order chi connectivity index (χ1) is 9.75. The lowest BCUT2D eigenvalue weighted by Crippen LogP contribution is -2.36. The summed E-state index contributed by atoms with van der Waals surface area (Å²) >= 11 is 4.05. The molecule has 1 aliphatic rings. The summed E-state index contributed by atoms with van der Waals surface area (Å²) in [6.45, 7) is 3.91. The number of benzene rings is 1. The van der Waals surface area contributed by atoms with Crippen molar-refractivity contribution in [3.8, 4) is 5.75 Å². The second-order valence-corrected chi connectivity index (χ2v) is 7.51. The van der Waals surface area contributed by atoms with Crippen molar-refractivity contribution in [1.82, 2.24) is 5.32 Å². The maximum Gasteiger partial charge on any atom is 0.122 e. The number of hydrogen-bond donors (Lipinski definition) is 2. The van der Waals surface area contributed by atoms with Crippen molar-refractivity contribution in [2.75, 3.05) is 37.0 Å². The van der Waals surface area contributed by atoms with E-state index in [0.29, 0.717) is 18.4 Å². The van der Waals surface area contributed by atoms with E-state index in [0.717, 1.165) is 17.9 Å². The summed E-state index contributed by atoms with van der Waals surface area (Å²) in [6.07, 6.45) is -0.462. The van der Waals surface area contributed by atoms with E-state index in [1.807, 2.05) is 54.7 Å². The van der Waals surface area contributed by atoms with Crippen LogP contribution in [0.1, 0.15) is 5.56 Å². The average molecular weight is 313 g/mol. The quantitative estimate of drug-likeness (QED) is 0.807. The molecule has 1 aliphatic heterocycles. The van der Waals surface area contributed by atoms with Gasteiger partial charge in [0.25, 0.3) is 0 Å². The summed E-state index contributed by atoms with van der Waals surface area (Å²) in [5.74, 6) is 4.59. The molecule has 2 atom stereocenters. The van der Waals surface area contributed by atoms with Crippen molar-refractivity contribution in [3.05, 3.63) is 29.8 Å². The Labute approximate surface area is 129 Å². The van der Waals surface area contributed by atoms with Crippen LogP contribution in [0, 0.1) is 6.92 Å². The fourth-order valence-corrected chi connectivity index (χ4v) is 4.67. The zero-order valence-electron chi connectivity index (χ0n) is 11.9. The van der Waals surface area contributed by atoms with Gasteiger partial charge in [0.05, 0.1) is 0 Å². The predicted octanol–water partition coefficient (Wildman–Crippen LogP) is 2.17. The highest BCUT2D eigenvalue weighted by Gasteiger charge is 2.14. The van der Waals surface area contributed by atoms with Crippen LogP contribution in [0.3, 0.4) is 0 Å². The first-order valence-electron chi connectivity index (χ1n) is 7.02. The molecule has 2 unspecified atom stereocenters. The van der Waals surface area contributed by atoms with Gasteiger partial charge < -0.3 is 15.2 Å². The maximum absolute atomic E-state index is 9.93. The monoisotopic (exact) mass is 313 g/mol. The van der Waals surface area contributed by atoms with Crippen LogP contribution in [0.2, 0.25) is 0 Å². The normalized spacial score (nSPS) is 20.6. The number of ether oxygens (including phenoxy) is 1. The van der Waals surface area contributed by atoms with Crippen LogP contribution >= 0.6 is 23.5 Å². The molecule has 1 heterocycles. The molecule has 20 heavy (non-hydrogen) atoms. The van der Waals surface area contributed by atoms with Gasteiger partial charge in [0.15, 0.2) is 0 Å². The second-order valence-electron chi connectivity index (χ2n) is 4.96. The Balaban J connectivity index is 1.60. The van der Waals surface area contributed by atoms with Crippen LogP contribution in [0.15, 0.2) is 24.3 Å². The molecule has 2 rings (SSSR count). The minimum Gasteiger partial charge on any atom is -0.491 e. The molecule has 0 amide bonds. The summed E-state index contributed by atoms with van der Waals surface area (Å²) in [6, 6.07) is 7.88. The lowest BCUT2D eigenvalue weighted by atomic mass is 10.2. The first kappa shape index (κ1) is 16.0. The van der Waals surface area contributed by atoms with Gasteiger partial charge in [-0.15, -0.1) is 0 Å². The lowest BCUT2D eigenvalue weighted by Gasteiger charge is -2.22. The summed E-state index contributed by atoms with van der Waals surface area (Å²) < 4.78 is 5.64. The van der Waals surface area contributed by atoms with Crippen LogP contribution in [-0.4, -0.2) is 53.4 Å². The Kier molecular flexibility index (Phi) is 7.07. The summed E-state index contributed by atoms with van der Waals surface area (Å²) in [5.41, 5.74) is 1.10. The molecule has 0 aliphatic carbocycles. The number of thioether (sulfide) groups is 2. The van der Waals surface area contributed by atoms with Crippen molar-refractivity contribution in [2.24, 2.45) is 0 Å². The molecular formula is C15H23NO2S2. The molecule has 0 bridgehead atoms. The number of hydrogen-bond acceptors (Lipinski definition) is 5. The Morgan fingerprint density at radius 3 is 3.00 bits per heavy atom. The molecular weight excluding hydrogens is 290 g/mol. The molecule has 0 spiro atoms. The van der Waals surface area contributed by atoms with E-state index in [4.69, 9.17) is 4.74 Å². The van der Waals surface area contributed by atoms with E-state index in [1.54, 1.807) is 0 Å². The Bertz CT molecular complexity index is 397. The molecule has 1 fully saturated rings. The fourth-order valence-electron chi connectivity index (χ4n) is 2.03. The minimum atomic E-state index is -0.462. The molecule has 5 heteroatoms. The van der Waals surface area contributed by atoms with Gasteiger partial charge in [-0.1, -0.05) is 18.2 Å². The second kappa shape index (κ2) is 8.82. The van der Waals surface area contributed by atoms with Gasteiger partial charge in [0.1, 0.15) is 18.5 Å². The van der Waals surface area contributed by atoms with Crippen LogP contribution in [0.5, 0.6) is 5.75 Å². The van der Waals surface area contributed by atoms with Gasteiger partial charge in [0, 0.05) is 35.6 Å². The predicted molar refractivity (Wildman–Crippen MR) is 89.1 cm³/mol. The average Bonchev–Trinajstić information content (AvgIpc) is 2.47. The number of aliphatic hydroxyl groups is 1. The number of rotatable bonds is 7. The van der Waals surface area contributed by atoms with Crippen molar-refractivity contribution in [1.29, 1.82) is 0 Å². The van der Waals surface area contributed by atoms with Gasteiger partial charge in [-0.05, 0) is 18.6 Å². The minimum absolute atomic E-state index is 0.338. The Morgan fingerprint density at radius 2 is 2.25 bits per heavy atom. The summed E-state index contributed by atoms with van der Waals surface area (Å²) in [5, 5.41) is 14.0. The zero-order chi connectivity index (χ0) is 14.2. The standard InChI is InChI=1S/C15H23NO2S2/c1-12-4-2-3-5-15(12)18-10-13(17)8-16-9-14-11-19-6-7-20-14/h2-5,13-14,16-17H,6-11H2,1H3. The zero-order valence-corrected chi connectivity index (χ0v) is 13.5. The Morgan fingerprint density at radius 1 is 1.40 bits per heavy atom. The van der Waals surface area contributed by atoms with Gasteiger partial charge in [0.2, 0.25) is 0 Å². The molecule has 0 radical (unpaired) electrons. The van der Waals surface area contributed by atoms with Crippen molar-refractivity contribution in [2.45, 2.75) is 18.3 Å². The number of para-hydroxylation sites is 1. The van der Waals surface area contributed by atoms with Crippen LogP contribution in [0.4, 0.5) is 0 Å². The lowest BCUT2D eigenvalue weighted by molar-refractivity contribution is 0.106. The summed E-state index contributed by atoms with van der Waals surface area (Å²) in [7, 11) is 0. The number of aryl methyl sites for hydroxylation is 1. The molecule has 3 nitrogen and oxygen atoms in total. The molecule has 0 aromatic heterocycles. The largest absolute Gasteiger partial charge is 0.491 e. The van der Waals surface area contributed by atoms with E-state index in [-0.39, 0.29) is 0 Å². The number of aliphatic hydroxyl groups excluding tert-OH is 1. The fraction of sp³-hybridized carbons (Fsp3) is 0.600. The molecule has 112 valence electrons. The van der Waals surface area contributed by atoms with Crippen molar-refractivity contribution >= 4 is 23.5 Å². The molecule has 1 saturated heterocycles. The Hall–Kier alpha value is -0.360. The van der Waals surface area contributed by atoms with Gasteiger partial charge in [-0.25, -0.2) is 0 Å². The molecule has 0 saturated carbocycles. The third kappa shape index (κ3) is 5.56.